The second-order valence-electron chi connectivity index (χ2n) is 4.66. The molecule has 1 aromatic heterocycles. The van der Waals surface area contributed by atoms with Crippen LogP contribution in [0.5, 0.6) is 0 Å². The van der Waals surface area contributed by atoms with Crippen LogP contribution in [0.25, 0.3) is 10.2 Å². The van der Waals surface area contributed by atoms with Gasteiger partial charge in [-0.1, -0.05) is 36.8 Å². The van der Waals surface area contributed by atoms with E-state index in [-0.39, 0.29) is 11.8 Å². The van der Waals surface area contributed by atoms with Crippen LogP contribution in [0.1, 0.15) is 13.8 Å². The number of aromatic nitrogens is 1. The summed E-state index contributed by atoms with van der Waals surface area (Å²) in [6, 6.07) is 5.53. The summed E-state index contributed by atoms with van der Waals surface area (Å²) in [5.41, 5.74) is 0.734. The third kappa shape index (κ3) is 4.31. The van der Waals surface area contributed by atoms with Crippen molar-refractivity contribution in [3.05, 3.63) is 23.2 Å². The van der Waals surface area contributed by atoms with E-state index >= 15 is 0 Å². The number of hydrogen-bond donors (Lipinski definition) is 2. The molecule has 0 fully saturated rings. The Balaban J connectivity index is 2.07. The Morgan fingerprint density at radius 1 is 1.40 bits per heavy atom. The molecule has 0 aliphatic heterocycles. The van der Waals surface area contributed by atoms with E-state index in [1.807, 2.05) is 13.8 Å². The standard InChI is InChI=1S/C12H16ClN3O2S2/c1-8(2)14-5-6-20(17,18)16-12-15-10-4-3-9(13)7-11(10)19-12/h3-4,7-8,14H,5-6H2,1-2H3,(H,15,16). The van der Waals surface area contributed by atoms with E-state index in [9.17, 15) is 8.42 Å². The maximum Gasteiger partial charge on any atom is 0.235 e. The van der Waals surface area contributed by atoms with Crippen molar-refractivity contribution in [3.63, 3.8) is 0 Å². The van der Waals surface area contributed by atoms with Gasteiger partial charge < -0.3 is 5.32 Å². The Kier molecular flexibility index (Phi) is 4.85. The zero-order chi connectivity index (χ0) is 14.8. The van der Waals surface area contributed by atoms with Crippen molar-refractivity contribution in [2.75, 3.05) is 17.0 Å². The van der Waals surface area contributed by atoms with Gasteiger partial charge >= 0.3 is 0 Å². The van der Waals surface area contributed by atoms with Crippen LogP contribution in [-0.4, -0.2) is 31.7 Å². The molecule has 0 aliphatic carbocycles. The van der Waals surface area contributed by atoms with E-state index in [4.69, 9.17) is 11.6 Å². The molecule has 0 saturated heterocycles. The number of anilines is 1. The minimum atomic E-state index is -3.39. The molecule has 0 bridgehead atoms. The lowest BCUT2D eigenvalue weighted by Gasteiger charge is -2.08. The molecular weight excluding hydrogens is 318 g/mol. The van der Waals surface area contributed by atoms with Gasteiger partial charge in [0.2, 0.25) is 10.0 Å². The van der Waals surface area contributed by atoms with Gasteiger partial charge in [-0.05, 0) is 18.2 Å². The highest BCUT2D eigenvalue weighted by molar-refractivity contribution is 7.92. The fraction of sp³-hybridized carbons (Fsp3) is 0.417. The predicted molar refractivity (Wildman–Crippen MR) is 85.2 cm³/mol. The predicted octanol–water partition coefficient (Wildman–Crippen LogP) is 2.69. The van der Waals surface area contributed by atoms with Crippen molar-refractivity contribution in [2.45, 2.75) is 19.9 Å². The molecule has 2 aromatic rings. The first-order chi connectivity index (χ1) is 9.35. The number of rotatable bonds is 6. The molecule has 5 nitrogen and oxygen atoms in total. The fourth-order valence-electron chi connectivity index (χ4n) is 1.61. The summed E-state index contributed by atoms with van der Waals surface area (Å²) in [6.45, 7) is 4.35. The van der Waals surface area contributed by atoms with Crippen LogP contribution in [0, 0.1) is 0 Å². The van der Waals surface area contributed by atoms with Crippen LogP contribution in [-0.2, 0) is 10.0 Å². The summed E-state index contributed by atoms with van der Waals surface area (Å²) in [4.78, 5) is 4.23. The third-order valence-corrected chi connectivity index (χ3v) is 5.06. The maximum absolute atomic E-state index is 11.9. The molecule has 20 heavy (non-hydrogen) atoms. The van der Waals surface area contributed by atoms with Gasteiger partial charge in [0, 0.05) is 17.6 Å². The average molecular weight is 334 g/mol. The first-order valence-corrected chi connectivity index (χ1v) is 9.00. The summed E-state index contributed by atoms with van der Waals surface area (Å²) in [6.07, 6.45) is 0. The minimum Gasteiger partial charge on any atom is -0.313 e. The topological polar surface area (TPSA) is 71.1 Å². The fourth-order valence-corrected chi connectivity index (χ4v) is 3.95. The second kappa shape index (κ2) is 6.26. The summed E-state index contributed by atoms with van der Waals surface area (Å²) < 4.78 is 27.2. The highest BCUT2D eigenvalue weighted by Gasteiger charge is 2.13. The molecular formula is C12H16ClN3O2S2. The van der Waals surface area contributed by atoms with Crippen LogP contribution >= 0.6 is 22.9 Å². The molecule has 0 aliphatic rings. The Hall–Kier alpha value is -0.890. The van der Waals surface area contributed by atoms with Gasteiger partial charge in [-0.25, -0.2) is 13.4 Å². The molecule has 0 saturated carbocycles. The summed E-state index contributed by atoms with van der Waals surface area (Å²) in [5.74, 6) is 0.0157. The third-order valence-electron chi connectivity index (χ3n) is 2.52. The molecule has 2 rings (SSSR count). The highest BCUT2D eigenvalue weighted by atomic mass is 35.5. The molecule has 0 radical (unpaired) electrons. The first kappa shape index (κ1) is 15.5. The molecule has 0 atom stereocenters. The minimum absolute atomic E-state index is 0.0157. The number of benzene rings is 1. The van der Waals surface area contributed by atoms with E-state index < -0.39 is 10.0 Å². The zero-order valence-electron chi connectivity index (χ0n) is 11.2. The van der Waals surface area contributed by atoms with Gasteiger partial charge in [0.25, 0.3) is 0 Å². The molecule has 8 heteroatoms. The molecule has 1 aromatic carbocycles. The monoisotopic (exact) mass is 333 g/mol. The van der Waals surface area contributed by atoms with Gasteiger partial charge in [0.15, 0.2) is 5.13 Å². The summed E-state index contributed by atoms with van der Waals surface area (Å²) in [7, 11) is -3.39. The van der Waals surface area contributed by atoms with E-state index in [0.29, 0.717) is 16.7 Å². The van der Waals surface area contributed by atoms with Gasteiger partial charge in [0.05, 0.1) is 16.0 Å². The molecule has 0 unspecified atom stereocenters. The lowest BCUT2D eigenvalue weighted by Crippen LogP contribution is -2.30. The van der Waals surface area contributed by atoms with E-state index in [1.54, 1.807) is 18.2 Å². The van der Waals surface area contributed by atoms with Crippen molar-refractivity contribution >= 4 is 48.3 Å². The number of sulfonamides is 1. The normalized spacial score (nSPS) is 12.2. The lowest BCUT2D eigenvalue weighted by atomic mass is 10.3. The number of thiazole rings is 1. The highest BCUT2D eigenvalue weighted by Crippen LogP contribution is 2.28. The Morgan fingerprint density at radius 3 is 2.85 bits per heavy atom. The van der Waals surface area contributed by atoms with Crippen LogP contribution in [0.2, 0.25) is 5.02 Å². The van der Waals surface area contributed by atoms with Crippen LogP contribution < -0.4 is 10.0 Å². The first-order valence-electron chi connectivity index (χ1n) is 6.16. The zero-order valence-corrected chi connectivity index (χ0v) is 13.6. The van der Waals surface area contributed by atoms with Gasteiger partial charge in [-0.15, -0.1) is 0 Å². The number of hydrogen-bond acceptors (Lipinski definition) is 5. The summed E-state index contributed by atoms with van der Waals surface area (Å²) >= 11 is 7.16. The maximum atomic E-state index is 11.9. The van der Waals surface area contributed by atoms with Crippen molar-refractivity contribution in [3.8, 4) is 0 Å². The van der Waals surface area contributed by atoms with Crippen LogP contribution in [0.3, 0.4) is 0 Å². The van der Waals surface area contributed by atoms with Crippen molar-refractivity contribution < 1.29 is 8.42 Å². The van der Waals surface area contributed by atoms with Crippen LogP contribution in [0.15, 0.2) is 18.2 Å². The second-order valence-corrected chi connectivity index (χ2v) is 7.97. The summed E-state index contributed by atoms with van der Waals surface area (Å²) in [5, 5.41) is 4.04. The SMILES string of the molecule is CC(C)NCCS(=O)(=O)Nc1nc2ccc(Cl)cc2s1. The average Bonchev–Trinajstić information content (AvgIpc) is 2.68. The Labute approximate surface area is 127 Å². The number of halogens is 1. The van der Waals surface area contributed by atoms with Crippen molar-refractivity contribution in [1.82, 2.24) is 10.3 Å². The molecule has 2 N–H and O–H groups in total. The lowest BCUT2D eigenvalue weighted by molar-refractivity contribution is 0.582. The molecule has 1 heterocycles. The number of nitrogens with one attached hydrogen (secondary N) is 2. The molecule has 110 valence electrons. The van der Waals surface area contributed by atoms with Gasteiger partial charge in [-0.3, -0.25) is 4.72 Å². The van der Waals surface area contributed by atoms with E-state index in [2.05, 4.69) is 15.0 Å². The van der Waals surface area contributed by atoms with Crippen molar-refractivity contribution in [1.29, 1.82) is 0 Å². The smallest absolute Gasteiger partial charge is 0.235 e. The Bertz CT molecular complexity index is 698. The Morgan fingerprint density at radius 2 is 2.15 bits per heavy atom. The van der Waals surface area contributed by atoms with E-state index in [1.165, 1.54) is 11.3 Å². The molecule has 0 amide bonds. The van der Waals surface area contributed by atoms with Gasteiger partial charge in [0.1, 0.15) is 0 Å². The van der Waals surface area contributed by atoms with Gasteiger partial charge in [-0.2, -0.15) is 0 Å². The number of fused-ring (bicyclic) bond motifs is 1. The number of nitrogens with zero attached hydrogens (tertiary/aromatic N) is 1. The molecule has 0 spiro atoms. The largest absolute Gasteiger partial charge is 0.313 e. The van der Waals surface area contributed by atoms with Crippen LogP contribution in [0.4, 0.5) is 5.13 Å². The quantitative estimate of drug-likeness (QED) is 0.852. The van der Waals surface area contributed by atoms with E-state index in [0.717, 1.165) is 10.2 Å². The van der Waals surface area contributed by atoms with Crippen molar-refractivity contribution in [2.24, 2.45) is 0 Å².